The first-order valence-corrected chi connectivity index (χ1v) is 5.64. The molecular weight excluding hydrogens is 204 g/mol. The van der Waals surface area contributed by atoms with E-state index in [-0.39, 0.29) is 12.1 Å². The third-order valence-corrected chi connectivity index (χ3v) is 2.84. The third-order valence-electron chi connectivity index (χ3n) is 2.84. The molecule has 0 aromatic carbocycles. The van der Waals surface area contributed by atoms with Crippen LogP contribution in [0.25, 0.3) is 0 Å². The number of H-pyrrole nitrogens is 1. The summed E-state index contributed by atoms with van der Waals surface area (Å²) < 4.78 is 0. The van der Waals surface area contributed by atoms with E-state index in [0.29, 0.717) is 0 Å². The van der Waals surface area contributed by atoms with Gasteiger partial charge in [0, 0.05) is 25.0 Å². The summed E-state index contributed by atoms with van der Waals surface area (Å²) in [6.45, 7) is 2.50. The molecule has 1 aromatic heterocycles. The Bertz CT molecular complexity index is 336. The second-order valence-electron chi connectivity index (χ2n) is 4.03. The topological polar surface area (TPSA) is 60.2 Å². The van der Waals surface area contributed by atoms with Crippen molar-refractivity contribution in [2.75, 3.05) is 26.7 Å². The lowest BCUT2D eigenvalue weighted by atomic mass is 10.2. The minimum absolute atomic E-state index is 0.0377. The van der Waals surface area contributed by atoms with Crippen molar-refractivity contribution in [3.63, 3.8) is 0 Å². The van der Waals surface area contributed by atoms with Crippen molar-refractivity contribution in [1.29, 1.82) is 0 Å². The zero-order valence-electron chi connectivity index (χ0n) is 9.49. The van der Waals surface area contributed by atoms with Gasteiger partial charge in [0.05, 0.1) is 6.04 Å². The molecule has 1 saturated heterocycles. The second kappa shape index (κ2) is 5.03. The van der Waals surface area contributed by atoms with Crippen LogP contribution in [-0.4, -0.2) is 42.6 Å². The lowest BCUT2D eigenvalue weighted by Gasteiger charge is -2.13. The van der Waals surface area contributed by atoms with Crippen LogP contribution in [0.4, 0.5) is 4.79 Å². The molecule has 1 atom stereocenters. The van der Waals surface area contributed by atoms with Crippen LogP contribution >= 0.6 is 0 Å². The molecule has 0 aliphatic carbocycles. The molecule has 2 heterocycles. The molecule has 0 radical (unpaired) electrons. The van der Waals surface area contributed by atoms with Crippen molar-refractivity contribution in [2.45, 2.75) is 12.5 Å². The van der Waals surface area contributed by atoms with Crippen molar-refractivity contribution in [1.82, 2.24) is 20.5 Å². The van der Waals surface area contributed by atoms with Gasteiger partial charge in [-0.25, -0.2) is 4.79 Å². The summed E-state index contributed by atoms with van der Waals surface area (Å²) in [5.41, 5.74) is 1.07. The van der Waals surface area contributed by atoms with Crippen molar-refractivity contribution in [2.24, 2.45) is 0 Å². The van der Waals surface area contributed by atoms with Gasteiger partial charge >= 0.3 is 6.03 Å². The van der Waals surface area contributed by atoms with Gasteiger partial charge in [0.15, 0.2) is 0 Å². The van der Waals surface area contributed by atoms with Crippen LogP contribution in [0, 0.1) is 0 Å². The summed E-state index contributed by atoms with van der Waals surface area (Å²) in [6.07, 6.45) is 2.87. The molecule has 0 bridgehead atoms. The van der Waals surface area contributed by atoms with E-state index in [1.807, 2.05) is 30.3 Å². The fraction of sp³-hybridized carbons (Fsp3) is 0.545. The molecule has 2 rings (SSSR count). The average molecular weight is 222 g/mol. The number of carbonyl (C=O) groups excluding carboxylic acids is 1. The van der Waals surface area contributed by atoms with Crippen LogP contribution in [0.15, 0.2) is 18.3 Å². The standard InChI is InChI=1S/C11H18N4O/c1-12-5-3-7-15-8-10(14-11(15)16)9-4-2-6-13-9/h2,4,6,10,12-13H,3,5,7-8H2,1H3,(H,14,16). The summed E-state index contributed by atoms with van der Waals surface area (Å²) in [5.74, 6) is 0. The predicted octanol–water partition coefficient (Wildman–Crippen LogP) is 0.690. The number of nitrogens with zero attached hydrogens (tertiary/aromatic N) is 1. The molecule has 1 fully saturated rings. The van der Waals surface area contributed by atoms with Crippen LogP contribution in [0.2, 0.25) is 0 Å². The second-order valence-corrected chi connectivity index (χ2v) is 4.03. The van der Waals surface area contributed by atoms with Crippen molar-refractivity contribution in [3.8, 4) is 0 Å². The highest BCUT2D eigenvalue weighted by Crippen LogP contribution is 2.18. The van der Waals surface area contributed by atoms with Gasteiger partial charge in [0.1, 0.15) is 0 Å². The van der Waals surface area contributed by atoms with Crippen molar-refractivity contribution < 1.29 is 4.79 Å². The van der Waals surface area contributed by atoms with E-state index in [0.717, 1.165) is 31.7 Å². The molecule has 16 heavy (non-hydrogen) atoms. The smallest absolute Gasteiger partial charge is 0.318 e. The predicted molar refractivity (Wildman–Crippen MR) is 62.2 cm³/mol. The zero-order valence-corrected chi connectivity index (χ0v) is 9.49. The number of rotatable bonds is 5. The van der Waals surface area contributed by atoms with Crippen LogP contribution in [0.3, 0.4) is 0 Å². The van der Waals surface area contributed by atoms with Gasteiger partial charge in [-0.15, -0.1) is 0 Å². The SMILES string of the molecule is CNCCCN1CC(c2ccc[nH]2)NC1=O. The Labute approximate surface area is 95.2 Å². The van der Waals surface area contributed by atoms with Gasteiger partial charge in [0.2, 0.25) is 0 Å². The van der Waals surface area contributed by atoms with E-state index in [1.54, 1.807) is 0 Å². The fourth-order valence-corrected chi connectivity index (χ4v) is 1.97. The maximum absolute atomic E-state index is 11.7. The molecule has 0 saturated carbocycles. The number of aromatic nitrogens is 1. The number of aromatic amines is 1. The average Bonchev–Trinajstić information content (AvgIpc) is 2.88. The molecule has 1 aromatic rings. The first kappa shape index (κ1) is 11.0. The number of carbonyl (C=O) groups is 1. The molecule has 1 aliphatic rings. The highest BCUT2D eigenvalue weighted by atomic mass is 16.2. The number of urea groups is 1. The minimum atomic E-state index is 0.0377. The van der Waals surface area contributed by atoms with E-state index < -0.39 is 0 Å². The zero-order chi connectivity index (χ0) is 11.4. The van der Waals surface area contributed by atoms with Crippen molar-refractivity contribution >= 4 is 6.03 Å². The number of hydrogen-bond donors (Lipinski definition) is 3. The molecule has 5 heteroatoms. The van der Waals surface area contributed by atoms with Crippen molar-refractivity contribution in [3.05, 3.63) is 24.0 Å². The molecule has 88 valence electrons. The van der Waals surface area contributed by atoms with Gasteiger partial charge < -0.3 is 20.5 Å². The Morgan fingerprint density at radius 1 is 1.62 bits per heavy atom. The Balaban J connectivity index is 1.87. The largest absolute Gasteiger partial charge is 0.363 e. The normalized spacial score (nSPS) is 20.2. The van der Waals surface area contributed by atoms with Gasteiger partial charge in [0.25, 0.3) is 0 Å². The van der Waals surface area contributed by atoms with E-state index in [4.69, 9.17) is 0 Å². The maximum atomic E-state index is 11.7. The summed E-state index contributed by atoms with van der Waals surface area (Å²) in [5, 5.41) is 6.05. The fourth-order valence-electron chi connectivity index (χ4n) is 1.97. The van der Waals surface area contributed by atoms with E-state index in [9.17, 15) is 4.79 Å². The van der Waals surface area contributed by atoms with Crippen LogP contribution in [0.1, 0.15) is 18.2 Å². The highest BCUT2D eigenvalue weighted by molar-refractivity contribution is 5.77. The lowest BCUT2D eigenvalue weighted by Crippen LogP contribution is -2.30. The molecule has 2 amide bonds. The van der Waals surface area contributed by atoms with Crippen LogP contribution in [-0.2, 0) is 0 Å². The minimum Gasteiger partial charge on any atom is -0.363 e. The summed E-state index contributed by atoms with van der Waals surface area (Å²) in [7, 11) is 1.92. The highest BCUT2D eigenvalue weighted by Gasteiger charge is 2.29. The molecule has 0 spiro atoms. The molecule has 1 aliphatic heterocycles. The first-order valence-electron chi connectivity index (χ1n) is 5.64. The Kier molecular flexibility index (Phi) is 3.46. The third kappa shape index (κ3) is 2.36. The Morgan fingerprint density at radius 3 is 3.19 bits per heavy atom. The molecule has 3 N–H and O–H groups in total. The maximum Gasteiger partial charge on any atom is 0.318 e. The van der Waals surface area contributed by atoms with Gasteiger partial charge in [-0.1, -0.05) is 0 Å². The van der Waals surface area contributed by atoms with E-state index in [1.165, 1.54) is 0 Å². The Morgan fingerprint density at radius 2 is 2.50 bits per heavy atom. The molecule has 1 unspecified atom stereocenters. The number of nitrogens with one attached hydrogen (secondary N) is 3. The number of hydrogen-bond acceptors (Lipinski definition) is 2. The van der Waals surface area contributed by atoms with Gasteiger partial charge in [-0.05, 0) is 32.1 Å². The molecular formula is C11H18N4O. The first-order chi connectivity index (χ1) is 7.81. The van der Waals surface area contributed by atoms with E-state index >= 15 is 0 Å². The number of amides is 2. The van der Waals surface area contributed by atoms with Gasteiger partial charge in [-0.2, -0.15) is 0 Å². The molecule has 5 nitrogen and oxygen atoms in total. The van der Waals surface area contributed by atoms with Crippen LogP contribution < -0.4 is 10.6 Å². The monoisotopic (exact) mass is 222 g/mol. The van der Waals surface area contributed by atoms with E-state index in [2.05, 4.69) is 15.6 Å². The van der Waals surface area contributed by atoms with Crippen LogP contribution in [0.5, 0.6) is 0 Å². The summed E-state index contributed by atoms with van der Waals surface area (Å²) >= 11 is 0. The summed E-state index contributed by atoms with van der Waals surface area (Å²) in [6, 6.07) is 4.10. The van der Waals surface area contributed by atoms with Gasteiger partial charge in [-0.3, -0.25) is 0 Å². The Hall–Kier alpha value is -1.49. The quantitative estimate of drug-likeness (QED) is 0.642. The summed E-state index contributed by atoms with van der Waals surface area (Å²) in [4.78, 5) is 16.7. The lowest BCUT2D eigenvalue weighted by molar-refractivity contribution is 0.217.